The molecule has 0 aliphatic rings. The summed E-state index contributed by atoms with van der Waals surface area (Å²) in [6.45, 7) is 3.90. The molecule has 1 rings (SSSR count). The first-order valence-corrected chi connectivity index (χ1v) is 6.16. The normalized spacial score (nSPS) is 10.8. The number of allylic oxidation sites excluding steroid dienone is 3. The fraction of sp³-hybridized carbons (Fsp3) is 0.200. The van der Waals surface area contributed by atoms with Crippen molar-refractivity contribution in [3.05, 3.63) is 59.7 Å². The fourth-order valence-corrected chi connectivity index (χ4v) is 1.38. The molecule has 0 atom stereocenters. The van der Waals surface area contributed by atoms with Crippen LogP contribution < -0.4 is 10.9 Å². The molecule has 0 aliphatic carbocycles. The minimum Gasteiger partial charge on any atom is -0.268 e. The van der Waals surface area contributed by atoms with Crippen LogP contribution in [0.25, 0.3) is 0 Å². The van der Waals surface area contributed by atoms with E-state index in [1.165, 1.54) is 6.08 Å². The molecular formula is C15H18N2O2. The molecule has 0 aromatic heterocycles. The Morgan fingerprint density at radius 2 is 1.79 bits per heavy atom. The van der Waals surface area contributed by atoms with Gasteiger partial charge in [0.2, 0.25) is 0 Å². The van der Waals surface area contributed by atoms with Gasteiger partial charge < -0.3 is 0 Å². The van der Waals surface area contributed by atoms with Gasteiger partial charge in [-0.25, -0.2) is 0 Å². The van der Waals surface area contributed by atoms with Crippen molar-refractivity contribution in [1.82, 2.24) is 10.9 Å². The predicted octanol–water partition coefficient (Wildman–Crippen LogP) is 2.14. The summed E-state index contributed by atoms with van der Waals surface area (Å²) in [7, 11) is 0. The van der Waals surface area contributed by atoms with Crippen LogP contribution in [0.2, 0.25) is 0 Å². The van der Waals surface area contributed by atoms with E-state index in [9.17, 15) is 9.59 Å². The summed E-state index contributed by atoms with van der Waals surface area (Å²) in [5.41, 5.74) is 6.33. The van der Waals surface area contributed by atoms with Crippen LogP contribution in [0.1, 0.15) is 29.8 Å². The number of hydrazine groups is 1. The molecule has 2 N–H and O–H groups in total. The van der Waals surface area contributed by atoms with Gasteiger partial charge in [-0.2, -0.15) is 0 Å². The van der Waals surface area contributed by atoms with E-state index in [-0.39, 0.29) is 11.8 Å². The van der Waals surface area contributed by atoms with Crippen LogP contribution in [-0.2, 0) is 11.2 Å². The Labute approximate surface area is 113 Å². The molecule has 0 heterocycles. The smallest absolute Gasteiger partial charge is 0.268 e. The van der Waals surface area contributed by atoms with E-state index in [0.717, 1.165) is 12.0 Å². The second-order valence-electron chi connectivity index (χ2n) is 3.88. The molecule has 0 radical (unpaired) electrons. The number of rotatable bonds is 4. The largest absolute Gasteiger partial charge is 0.269 e. The zero-order valence-electron chi connectivity index (χ0n) is 11.1. The van der Waals surface area contributed by atoms with Crippen molar-refractivity contribution in [2.45, 2.75) is 20.3 Å². The summed E-state index contributed by atoms with van der Waals surface area (Å²) in [5.74, 6) is -0.716. The van der Waals surface area contributed by atoms with Crippen molar-refractivity contribution < 1.29 is 9.59 Å². The Balaban J connectivity index is 2.48. The summed E-state index contributed by atoms with van der Waals surface area (Å²) in [6.07, 6.45) is 7.38. The summed E-state index contributed by atoms with van der Waals surface area (Å²) in [5, 5.41) is 0. The highest BCUT2D eigenvalue weighted by atomic mass is 16.2. The molecule has 0 aliphatic heterocycles. The van der Waals surface area contributed by atoms with E-state index in [4.69, 9.17) is 0 Å². The average molecular weight is 258 g/mol. The van der Waals surface area contributed by atoms with Crippen molar-refractivity contribution in [1.29, 1.82) is 0 Å². The van der Waals surface area contributed by atoms with Crippen LogP contribution in [0.4, 0.5) is 0 Å². The first kappa shape index (κ1) is 14.7. The SMILES string of the molecule is C/C=C/C=C/C(=O)NNC(=O)c1ccc(CC)cc1. The quantitative estimate of drug-likeness (QED) is 0.494. The highest BCUT2D eigenvalue weighted by molar-refractivity contribution is 5.96. The van der Waals surface area contributed by atoms with Crippen molar-refractivity contribution in [3.8, 4) is 0 Å². The van der Waals surface area contributed by atoms with Crippen molar-refractivity contribution in [2.24, 2.45) is 0 Å². The Hall–Kier alpha value is -2.36. The van der Waals surface area contributed by atoms with Crippen LogP contribution in [0.15, 0.2) is 48.6 Å². The molecular weight excluding hydrogens is 240 g/mol. The molecule has 4 heteroatoms. The van der Waals surface area contributed by atoms with Gasteiger partial charge in [0.15, 0.2) is 0 Å². The predicted molar refractivity (Wildman–Crippen MR) is 75.4 cm³/mol. The number of hydrogen-bond acceptors (Lipinski definition) is 2. The number of carbonyl (C=O) groups excluding carboxylic acids is 2. The molecule has 1 aromatic carbocycles. The molecule has 2 amide bonds. The number of aryl methyl sites for hydroxylation is 1. The Morgan fingerprint density at radius 1 is 1.11 bits per heavy atom. The third-order valence-corrected chi connectivity index (χ3v) is 2.47. The van der Waals surface area contributed by atoms with E-state index < -0.39 is 0 Å². The molecule has 4 nitrogen and oxygen atoms in total. The standard InChI is InChI=1S/C15H18N2O2/c1-3-5-6-7-14(18)16-17-15(19)13-10-8-12(4-2)9-11-13/h3,5-11H,4H2,1-2H3,(H,16,18)(H,17,19)/b5-3+,7-6+. The van der Waals surface area contributed by atoms with Gasteiger partial charge in [0.05, 0.1) is 0 Å². The van der Waals surface area contributed by atoms with Crippen molar-refractivity contribution in [2.75, 3.05) is 0 Å². The van der Waals surface area contributed by atoms with Crippen LogP contribution >= 0.6 is 0 Å². The van der Waals surface area contributed by atoms with Gasteiger partial charge in [-0.05, 0) is 31.0 Å². The van der Waals surface area contributed by atoms with Gasteiger partial charge in [-0.3, -0.25) is 20.4 Å². The summed E-state index contributed by atoms with van der Waals surface area (Å²) >= 11 is 0. The molecule has 0 spiro atoms. The summed E-state index contributed by atoms with van der Waals surface area (Å²) < 4.78 is 0. The lowest BCUT2D eigenvalue weighted by Crippen LogP contribution is -2.40. The molecule has 0 unspecified atom stereocenters. The summed E-state index contributed by atoms with van der Waals surface area (Å²) in [6, 6.07) is 7.25. The van der Waals surface area contributed by atoms with Crippen LogP contribution in [-0.4, -0.2) is 11.8 Å². The lowest BCUT2D eigenvalue weighted by molar-refractivity contribution is -0.117. The minimum atomic E-state index is -0.378. The van der Waals surface area contributed by atoms with Gasteiger partial charge >= 0.3 is 0 Å². The van der Waals surface area contributed by atoms with E-state index >= 15 is 0 Å². The molecule has 100 valence electrons. The van der Waals surface area contributed by atoms with Gasteiger partial charge in [0, 0.05) is 11.6 Å². The Morgan fingerprint density at radius 3 is 2.37 bits per heavy atom. The molecule has 1 aromatic rings. The second-order valence-corrected chi connectivity index (χ2v) is 3.88. The Kier molecular flexibility index (Phi) is 6.09. The zero-order chi connectivity index (χ0) is 14.1. The van der Waals surface area contributed by atoms with Gasteiger partial charge in [-0.15, -0.1) is 0 Å². The number of hydrogen-bond donors (Lipinski definition) is 2. The molecule has 0 fully saturated rings. The molecule has 0 saturated heterocycles. The van der Waals surface area contributed by atoms with Crippen LogP contribution in [0.5, 0.6) is 0 Å². The highest BCUT2D eigenvalue weighted by Gasteiger charge is 2.05. The maximum absolute atomic E-state index is 11.7. The number of benzene rings is 1. The van der Waals surface area contributed by atoms with Gasteiger partial charge in [0.25, 0.3) is 11.8 Å². The number of amides is 2. The van der Waals surface area contributed by atoms with Crippen LogP contribution in [0, 0.1) is 0 Å². The monoisotopic (exact) mass is 258 g/mol. The fourth-order valence-electron chi connectivity index (χ4n) is 1.38. The molecule has 0 bridgehead atoms. The van der Waals surface area contributed by atoms with E-state index in [2.05, 4.69) is 10.9 Å². The van der Waals surface area contributed by atoms with E-state index in [1.54, 1.807) is 30.4 Å². The average Bonchev–Trinajstić information content (AvgIpc) is 2.45. The number of nitrogens with one attached hydrogen (secondary N) is 2. The lowest BCUT2D eigenvalue weighted by Gasteiger charge is -2.05. The van der Waals surface area contributed by atoms with Crippen LogP contribution in [0.3, 0.4) is 0 Å². The topological polar surface area (TPSA) is 58.2 Å². The Bertz CT molecular complexity index is 487. The first-order valence-electron chi connectivity index (χ1n) is 6.16. The van der Waals surface area contributed by atoms with Gasteiger partial charge in [0.1, 0.15) is 0 Å². The maximum atomic E-state index is 11.7. The number of carbonyl (C=O) groups is 2. The minimum absolute atomic E-state index is 0.338. The molecule has 19 heavy (non-hydrogen) atoms. The first-order chi connectivity index (χ1) is 9.17. The van der Waals surface area contributed by atoms with Crippen molar-refractivity contribution in [3.63, 3.8) is 0 Å². The zero-order valence-corrected chi connectivity index (χ0v) is 11.1. The van der Waals surface area contributed by atoms with Crippen molar-refractivity contribution >= 4 is 11.8 Å². The third kappa shape index (κ3) is 5.21. The third-order valence-electron chi connectivity index (χ3n) is 2.47. The van der Waals surface area contributed by atoms with Gasteiger partial charge in [-0.1, -0.05) is 37.3 Å². The lowest BCUT2D eigenvalue weighted by atomic mass is 10.1. The van der Waals surface area contributed by atoms with E-state index in [1.807, 2.05) is 26.0 Å². The van der Waals surface area contributed by atoms with E-state index in [0.29, 0.717) is 5.56 Å². The summed E-state index contributed by atoms with van der Waals surface area (Å²) in [4.78, 5) is 23.0. The highest BCUT2D eigenvalue weighted by Crippen LogP contribution is 2.04. The second kappa shape index (κ2) is 7.87. The molecule has 0 saturated carbocycles. The maximum Gasteiger partial charge on any atom is 0.269 e.